The average Bonchev–Trinajstić information content (AvgIpc) is 2.98. The molecule has 1 saturated carbocycles. The van der Waals surface area contributed by atoms with Gasteiger partial charge in [-0.1, -0.05) is 65.0 Å². The molecular formula is C31H35BrClN3O5S. The maximum absolute atomic E-state index is 14.1. The Labute approximate surface area is 261 Å². The van der Waals surface area contributed by atoms with Gasteiger partial charge in [0.05, 0.1) is 17.7 Å². The number of carbonyl (C=O) groups is 2. The van der Waals surface area contributed by atoms with Crippen molar-refractivity contribution in [1.82, 2.24) is 10.2 Å². The fourth-order valence-electron chi connectivity index (χ4n) is 5.02. The van der Waals surface area contributed by atoms with Gasteiger partial charge in [0, 0.05) is 22.1 Å². The van der Waals surface area contributed by atoms with E-state index in [1.165, 1.54) is 30.2 Å². The Kier molecular flexibility index (Phi) is 10.9. The molecule has 4 rings (SSSR count). The number of benzene rings is 3. The van der Waals surface area contributed by atoms with Crippen molar-refractivity contribution in [2.45, 2.75) is 62.6 Å². The summed E-state index contributed by atoms with van der Waals surface area (Å²) in [4.78, 5) is 28.9. The van der Waals surface area contributed by atoms with Gasteiger partial charge < -0.3 is 15.0 Å². The molecule has 1 N–H and O–H groups in total. The van der Waals surface area contributed by atoms with Gasteiger partial charge >= 0.3 is 0 Å². The number of hydrogen-bond donors (Lipinski definition) is 1. The lowest BCUT2D eigenvalue weighted by atomic mass is 9.95. The minimum atomic E-state index is -4.21. The van der Waals surface area contributed by atoms with E-state index in [0.29, 0.717) is 10.8 Å². The minimum Gasteiger partial charge on any atom is -0.497 e. The van der Waals surface area contributed by atoms with Crippen molar-refractivity contribution in [3.63, 3.8) is 0 Å². The lowest BCUT2D eigenvalue weighted by molar-refractivity contribution is -0.139. The highest BCUT2D eigenvalue weighted by molar-refractivity contribution is 9.10. The van der Waals surface area contributed by atoms with Gasteiger partial charge in [0.25, 0.3) is 10.0 Å². The molecule has 0 radical (unpaired) electrons. The van der Waals surface area contributed by atoms with Gasteiger partial charge in [-0.3, -0.25) is 13.9 Å². The monoisotopic (exact) mass is 675 g/mol. The molecule has 2 amide bonds. The largest absolute Gasteiger partial charge is 0.497 e. The van der Waals surface area contributed by atoms with Gasteiger partial charge in [0.2, 0.25) is 11.8 Å². The third kappa shape index (κ3) is 8.05. The lowest BCUT2D eigenvalue weighted by Crippen LogP contribution is -2.53. The van der Waals surface area contributed by atoms with Crippen LogP contribution in [0.25, 0.3) is 0 Å². The number of rotatable bonds is 11. The van der Waals surface area contributed by atoms with Gasteiger partial charge in [-0.15, -0.1) is 0 Å². The molecular weight excluding hydrogens is 642 g/mol. The van der Waals surface area contributed by atoms with Crippen molar-refractivity contribution in [2.75, 3.05) is 18.0 Å². The first-order valence-electron chi connectivity index (χ1n) is 13.8. The van der Waals surface area contributed by atoms with E-state index >= 15 is 0 Å². The lowest BCUT2D eigenvalue weighted by Gasteiger charge is -2.33. The summed E-state index contributed by atoms with van der Waals surface area (Å²) in [5.74, 6) is -0.298. The number of nitrogens with zero attached hydrogens (tertiary/aromatic N) is 2. The minimum absolute atomic E-state index is 0.0160. The molecule has 224 valence electrons. The molecule has 3 aromatic rings. The Bertz CT molecular complexity index is 1500. The van der Waals surface area contributed by atoms with Crippen molar-refractivity contribution in [3.8, 4) is 5.75 Å². The summed E-state index contributed by atoms with van der Waals surface area (Å²) in [6.07, 6.45) is 5.06. The van der Waals surface area contributed by atoms with E-state index in [1.807, 2.05) is 24.3 Å². The first-order valence-corrected chi connectivity index (χ1v) is 16.5. The second kappa shape index (κ2) is 14.4. The first-order chi connectivity index (χ1) is 20.1. The van der Waals surface area contributed by atoms with E-state index in [2.05, 4.69) is 21.2 Å². The molecule has 0 aliphatic heterocycles. The maximum Gasteiger partial charge on any atom is 0.264 e. The van der Waals surface area contributed by atoms with Crippen LogP contribution in [0.15, 0.2) is 82.2 Å². The van der Waals surface area contributed by atoms with Gasteiger partial charge in [-0.25, -0.2) is 8.42 Å². The van der Waals surface area contributed by atoms with Crippen LogP contribution >= 0.6 is 27.5 Å². The van der Waals surface area contributed by atoms with Crippen molar-refractivity contribution in [1.29, 1.82) is 0 Å². The summed E-state index contributed by atoms with van der Waals surface area (Å²) in [5, 5.41) is 3.43. The zero-order chi connectivity index (χ0) is 30.3. The fourth-order valence-corrected chi connectivity index (χ4v) is 7.06. The van der Waals surface area contributed by atoms with Crippen molar-refractivity contribution < 1.29 is 22.7 Å². The Balaban J connectivity index is 1.68. The number of carbonyl (C=O) groups excluding carboxylic acids is 2. The van der Waals surface area contributed by atoms with E-state index in [1.54, 1.807) is 37.3 Å². The normalized spacial score (nSPS) is 14.6. The molecule has 1 aliphatic carbocycles. The topological polar surface area (TPSA) is 96.0 Å². The van der Waals surface area contributed by atoms with Crippen LogP contribution in [0.3, 0.4) is 0 Å². The highest BCUT2D eigenvalue weighted by Gasteiger charge is 2.33. The van der Waals surface area contributed by atoms with Crippen molar-refractivity contribution in [3.05, 3.63) is 87.9 Å². The average molecular weight is 677 g/mol. The Morgan fingerprint density at radius 2 is 1.71 bits per heavy atom. The molecule has 0 spiro atoms. The predicted octanol–water partition coefficient (Wildman–Crippen LogP) is 6.17. The molecule has 1 aliphatic rings. The molecule has 8 nitrogen and oxygen atoms in total. The Hall–Kier alpha value is -3.08. The molecule has 42 heavy (non-hydrogen) atoms. The van der Waals surface area contributed by atoms with E-state index in [4.69, 9.17) is 16.3 Å². The van der Waals surface area contributed by atoms with Crippen LogP contribution in [0.2, 0.25) is 5.02 Å². The summed E-state index contributed by atoms with van der Waals surface area (Å²) < 4.78 is 35.0. The number of ether oxygens (including phenoxy) is 1. The smallest absolute Gasteiger partial charge is 0.264 e. The van der Waals surface area contributed by atoms with Crippen LogP contribution in [0, 0.1) is 0 Å². The molecule has 0 aromatic heterocycles. The number of anilines is 1. The van der Waals surface area contributed by atoms with Gasteiger partial charge in [-0.05, 0) is 79.9 Å². The predicted molar refractivity (Wildman–Crippen MR) is 168 cm³/mol. The molecule has 0 bridgehead atoms. The standard InChI is InChI=1S/C31H35BrClN3O5S/c1-22(31(38)34-26-11-4-3-5-12-26)35(20-23-8-6-9-24(32)18-23)30(37)21-36(27-13-7-10-25(33)19-27)42(39,40)29-16-14-28(41-2)15-17-29/h6-10,13-19,22,26H,3-5,11-12,20-21H2,1-2H3,(H,34,38). The number of halogens is 2. The van der Waals surface area contributed by atoms with E-state index in [-0.39, 0.29) is 29.1 Å². The molecule has 3 aromatic carbocycles. The number of nitrogens with one attached hydrogen (secondary N) is 1. The van der Waals surface area contributed by atoms with Crippen LogP contribution in [-0.4, -0.2) is 50.9 Å². The van der Waals surface area contributed by atoms with E-state index in [0.717, 1.165) is 46.4 Å². The molecule has 1 unspecified atom stereocenters. The highest BCUT2D eigenvalue weighted by atomic mass is 79.9. The molecule has 1 fully saturated rings. The summed E-state index contributed by atoms with van der Waals surface area (Å²) in [6.45, 7) is 1.25. The second-order valence-corrected chi connectivity index (χ2v) is 13.6. The molecule has 11 heteroatoms. The summed E-state index contributed by atoms with van der Waals surface area (Å²) in [5.41, 5.74) is 1.02. The van der Waals surface area contributed by atoms with E-state index < -0.39 is 28.5 Å². The number of sulfonamides is 1. The van der Waals surface area contributed by atoms with Crippen LogP contribution in [0.1, 0.15) is 44.6 Å². The number of hydrogen-bond acceptors (Lipinski definition) is 5. The Morgan fingerprint density at radius 3 is 2.36 bits per heavy atom. The van der Waals surface area contributed by atoms with Crippen molar-refractivity contribution >= 4 is 55.1 Å². The number of methoxy groups -OCH3 is 1. The van der Waals surface area contributed by atoms with Crippen LogP contribution in [0.4, 0.5) is 5.69 Å². The fraction of sp³-hybridized carbons (Fsp3) is 0.355. The van der Waals surface area contributed by atoms with Crippen LogP contribution < -0.4 is 14.4 Å². The van der Waals surface area contributed by atoms with Gasteiger partial charge in [-0.2, -0.15) is 0 Å². The molecule has 0 heterocycles. The third-order valence-corrected chi connectivity index (χ3v) is 9.90. The zero-order valence-corrected chi connectivity index (χ0v) is 26.8. The summed E-state index contributed by atoms with van der Waals surface area (Å²) in [7, 11) is -2.72. The van der Waals surface area contributed by atoms with Crippen molar-refractivity contribution in [2.24, 2.45) is 0 Å². The molecule has 1 atom stereocenters. The third-order valence-electron chi connectivity index (χ3n) is 7.38. The highest BCUT2D eigenvalue weighted by Crippen LogP contribution is 2.28. The van der Waals surface area contributed by atoms with E-state index in [9.17, 15) is 18.0 Å². The second-order valence-electron chi connectivity index (χ2n) is 10.3. The SMILES string of the molecule is COc1ccc(S(=O)(=O)N(CC(=O)N(Cc2cccc(Br)c2)C(C)C(=O)NC2CCCCC2)c2cccc(Cl)c2)cc1. The summed E-state index contributed by atoms with van der Waals surface area (Å²) in [6, 6.07) is 18.9. The van der Waals surface area contributed by atoms with Gasteiger partial charge in [0.15, 0.2) is 0 Å². The maximum atomic E-state index is 14.1. The summed E-state index contributed by atoms with van der Waals surface area (Å²) >= 11 is 9.71. The van der Waals surface area contributed by atoms with Crippen LogP contribution in [0.5, 0.6) is 5.75 Å². The first kappa shape index (κ1) is 31.8. The molecule has 0 saturated heterocycles. The van der Waals surface area contributed by atoms with Gasteiger partial charge in [0.1, 0.15) is 18.3 Å². The zero-order valence-electron chi connectivity index (χ0n) is 23.6. The Morgan fingerprint density at radius 1 is 1.02 bits per heavy atom. The number of amides is 2. The van der Waals surface area contributed by atoms with Crippen LogP contribution in [-0.2, 0) is 26.2 Å². The quantitative estimate of drug-likeness (QED) is 0.262.